The minimum Gasteiger partial charge on any atom is -0.319 e. The molecule has 2 heteroatoms. The Labute approximate surface area is 81.1 Å². The molecule has 0 amide bonds. The summed E-state index contributed by atoms with van der Waals surface area (Å²) in [5.74, 6) is 1.62. The molecule has 76 valence electrons. The van der Waals surface area contributed by atoms with E-state index in [0.717, 1.165) is 13.0 Å². The molecule has 0 spiro atoms. The standard InChI is InChI=1S/C11H21NO/c1-8(2)11(13)10-6-4-5-9(10)7-12-3/h8-10,12H,4-7H2,1-3H3. The van der Waals surface area contributed by atoms with Crippen molar-refractivity contribution in [3.8, 4) is 0 Å². The number of carbonyl (C=O) groups is 1. The number of carbonyl (C=O) groups excluding carboxylic acids is 1. The smallest absolute Gasteiger partial charge is 0.138 e. The minimum atomic E-state index is 0.211. The number of hydrogen-bond acceptors (Lipinski definition) is 2. The van der Waals surface area contributed by atoms with Crippen molar-refractivity contribution in [2.24, 2.45) is 17.8 Å². The first kappa shape index (κ1) is 10.7. The lowest BCUT2D eigenvalue weighted by atomic mass is 9.87. The number of ketones is 1. The summed E-state index contributed by atoms with van der Waals surface area (Å²) in [5.41, 5.74) is 0. The van der Waals surface area contributed by atoms with E-state index < -0.39 is 0 Å². The van der Waals surface area contributed by atoms with E-state index in [0.29, 0.717) is 17.6 Å². The van der Waals surface area contributed by atoms with Crippen LogP contribution in [-0.2, 0) is 4.79 Å². The highest BCUT2D eigenvalue weighted by molar-refractivity contribution is 5.83. The Morgan fingerprint density at radius 1 is 1.46 bits per heavy atom. The molecule has 2 atom stereocenters. The lowest BCUT2D eigenvalue weighted by Crippen LogP contribution is -2.29. The fourth-order valence-electron chi connectivity index (χ4n) is 2.35. The van der Waals surface area contributed by atoms with Crippen LogP contribution in [0.2, 0.25) is 0 Å². The second kappa shape index (κ2) is 4.75. The van der Waals surface area contributed by atoms with Crippen LogP contribution in [0.25, 0.3) is 0 Å². The van der Waals surface area contributed by atoms with Gasteiger partial charge < -0.3 is 5.32 Å². The lowest BCUT2D eigenvalue weighted by Gasteiger charge is -2.19. The van der Waals surface area contributed by atoms with Crippen molar-refractivity contribution in [1.29, 1.82) is 0 Å². The van der Waals surface area contributed by atoms with Gasteiger partial charge in [-0.25, -0.2) is 0 Å². The second-order valence-electron chi connectivity index (χ2n) is 4.41. The molecule has 1 N–H and O–H groups in total. The summed E-state index contributed by atoms with van der Waals surface area (Å²) >= 11 is 0. The average molecular weight is 183 g/mol. The van der Waals surface area contributed by atoms with E-state index in [1.807, 2.05) is 20.9 Å². The monoisotopic (exact) mass is 183 g/mol. The van der Waals surface area contributed by atoms with E-state index in [9.17, 15) is 4.79 Å². The van der Waals surface area contributed by atoms with Crippen LogP contribution >= 0.6 is 0 Å². The SMILES string of the molecule is CNCC1CCCC1C(=O)C(C)C. The molecule has 2 unspecified atom stereocenters. The molecule has 1 aliphatic rings. The van der Waals surface area contributed by atoms with E-state index >= 15 is 0 Å². The van der Waals surface area contributed by atoms with Crippen molar-refractivity contribution in [3.63, 3.8) is 0 Å². The molecule has 1 fully saturated rings. The lowest BCUT2D eigenvalue weighted by molar-refractivity contribution is -0.126. The molecule has 0 saturated heterocycles. The average Bonchev–Trinajstić information content (AvgIpc) is 2.52. The van der Waals surface area contributed by atoms with Crippen molar-refractivity contribution in [3.05, 3.63) is 0 Å². The zero-order valence-electron chi connectivity index (χ0n) is 8.97. The predicted octanol–water partition coefficient (Wildman–Crippen LogP) is 1.85. The number of rotatable bonds is 4. The molecule has 0 aliphatic heterocycles. The summed E-state index contributed by atoms with van der Waals surface area (Å²) in [6, 6.07) is 0. The quantitative estimate of drug-likeness (QED) is 0.720. The molecule has 0 heterocycles. The molecule has 2 nitrogen and oxygen atoms in total. The third-order valence-corrected chi connectivity index (χ3v) is 3.06. The predicted molar refractivity (Wildman–Crippen MR) is 54.6 cm³/mol. The normalized spacial score (nSPS) is 28.3. The van der Waals surface area contributed by atoms with Gasteiger partial charge in [-0.2, -0.15) is 0 Å². The number of Topliss-reactive ketones (excluding diaryl/α,β-unsaturated/α-hetero) is 1. The van der Waals surface area contributed by atoms with Gasteiger partial charge in [0.05, 0.1) is 0 Å². The van der Waals surface area contributed by atoms with Crippen LogP contribution in [0.15, 0.2) is 0 Å². The summed E-state index contributed by atoms with van der Waals surface area (Å²) in [5, 5.41) is 3.18. The summed E-state index contributed by atoms with van der Waals surface area (Å²) in [4.78, 5) is 11.8. The number of nitrogens with one attached hydrogen (secondary N) is 1. The second-order valence-corrected chi connectivity index (χ2v) is 4.41. The van der Waals surface area contributed by atoms with Gasteiger partial charge in [-0.1, -0.05) is 20.3 Å². The van der Waals surface area contributed by atoms with Gasteiger partial charge in [0.1, 0.15) is 5.78 Å². The van der Waals surface area contributed by atoms with Crippen molar-refractivity contribution in [1.82, 2.24) is 5.32 Å². The van der Waals surface area contributed by atoms with E-state index in [2.05, 4.69) is 5.32 Å². The highest BCUT2D eigenvalue weighted by Crippen LogP contribution is 2.33. The summed E-state index contributed by atoms with van der Waals surface area (Å²) in [6.07, 6.45) is 3.57. The van der Waals surface area contributed by atoms with Crippen molar-refractivity contribution >= 4 is 5.78 Å². The van der Waals surface area contributed by atoms with Crippen molar-refractivity contribution in [2.45, 2.75) is 33.1 Å². The van der Waals surface area contributed by atoms with E-state index in [1.165, 1.54) is 12.8 Å². The first-order chi connectivity index (χ1) is 6.16. The zero-order valence-corrected chi connectivity index (χ0v) is 8.97. The Balaban J connectivity index is 2.52. The maximum Gasteiger partial charge on any atom is 0.138 e. The van der Waals surface area contributed by atoms with Gasteiger partial charge >= 0.3 is 0 Å². The molecule has 1 saturated carbocycles. The van der Waals surface area contributed by atoms with E-state index in [1.54, 1.807) is 0 Å². The maximum absolute atomic E-state index is 11.8. The topological polar surface area (TPSA) is 29.1 Å². The maximum atomic E-state index is 11.8. The van der Waals surface area contributed by atoms with Crippen molar-refractivity contribution < 1.29 is 4.79 Å². The van der Waals surface area contributed by atoms with E-state index in [-0.39, 0.29) is 5.92 Å². The summed E-state index contributed by atoms with van der Waals surface area (Å²) in [7, 11) is 1.97. The van der Waals surface area contributed by atoms with Crippen LogP contribution in [0.5, 0.6) is 0 Å². The molecule has 1 rings (SSSR count). The first-order valence-electron chi connectivity index (χ1n) is 5.35. The molecule has 0 aromatic carbocycles. The van der Waals surface area contributed by atoms with Crippen LogP contribution in [0.3, 0.4) is 0 Å². The van der Waals surface area contributed by atoms with E-state index in [4.69, 9.17) is 0 Å². The molecule has 0 aromatic rings. The van der Waals surface area contributed by atoms with Gasteiger partial charge in [-0.15, -0.1) is 0 Å². The van der Waals surface area contributed by atoms with Gasteiger partial charge in [-0.05, 0) is 32.4 Å². The van der Waals surface area contributed by atoms with Gasteiger partial charge in [0.25, 0.3) is 0 Å². The summed E-state index contributed by atoms with van der Waals surface area (Å²) < 4.78 is 0. The fourth-order valence-corrected chi connectivity index (χ4v) is 2.35. The van der Waals surface area contributed by atoms with Gasteiger partial charge in [0.2, 0.25) is 0 Å². The highest BCUT2D eigenvalue weighted by Gasteiger charge is 2.32. The molecule has 0 bridgehead atoms. The van der Waals surface area contributed by atoms with Crippen LogP contribution in [0.1, 0.15) is 33.1 Å². The van der Waals surface area contributed by atoms with Gasteiger partial charge in [0, 0.05) is 11.8 Å². The Kier molecular flexibility index (Phi) is 3.91. The van der Waals surface area contributed by atoms with Crippen LogP contribution < -0.4 is 5.32 Å². The third-order valence-electron chi connectivity index (χ3n) is 3.06. The van der Waals surface area contributed by atoms with Crippen molar-refractivity contribution in [2.75, 3.05) is 13.6 Å². The molecular weight excluding hydrogens is 162 g/mol. The third kappa shape index (κ3) is 2.53. The molecule has 0 aromatic heterocycles. The Morgan fingerprint density at radius 3 is 2.69 bits per heavy atom. The molecular formula is C11H21NO. The number of hydrogen-bond donors (Lipinski definition) is 1. The zero-order chi connectivity index (χ0) is 9.84. The minimum absolute atomic E-state index is 0.211. The Bertz CT molecular complexity index is 177. The highest BCUT2D eigenvalue weighted by atomic mass is 16.1. The van der Waals surface area contributed by atoms with Crippen LogP contribution in [0.4, 0.5) is 0 Å². The van der Waals surface area contributed by atoms with Crippen LogP contribution in [-0.4, -0.2) is 19.4 Å². The van der Waals surface area contributed by atoms with Gasteiger partial charge in [0.15, 0.2) is 0 Å². The molecule has 0 radical (unpaired) electrons. The molecule has 13 heavy (non-hydrogen) atoms. The fraction of sp³-hybridized carbons (Fsp3) is 0.909. The first-order valence-corrected chi connectivity index (χ1v) is 5.35. The van der Waals surface area contributed by atoms with Gasteiger partial charge in [-0.3, -0.25) is 4.79 Å². The Hall–Kier alpha value is -0.370. The Morgan fingerprint density at radius 2 is 2.15 bits per heavy atom. The van der Waals surface area contributed by atoms with Crippen LogP contribution in [0, 0.1) is 17.8 Å². The summed E-state index contributed by atoms with van der Waals surface area (Å²) in [6.45, 7) is 5.03. The molecule has 1 aliphatic carbocycles. The largest absolute Gasteiger partial charge is 0.319 e.